The predicted octanol–water partition coefficient (Wildman–Crippen LogP) is 2.44. The molecule has 0 bridgehead atoms. The molecule has 1 atom stereocenters. The zero-order chi connectivity index (χ0) is 10.4. The quantitative estimate of drug-likeness (QED) is 0.779. The summed E-state index contributed by atoms with van der Waals surface area (Å²) in [5, 5.41) is 0. The molecule has 78 valence electrons. The van der Waals surface area contributed by atoms with Crippen molar-refractivity contribution in [2.45, 2.75) is 26.3 Å². The van der Waals surface area contributed by atoms with E-state index in [0.29, 0.717) is 12.5 Å². The van der Waals surface area contributed by atoms with Gasteiger partial charge in [0.05, 0.1) is 6.61 Å². The summed E-state index contributed by atoms with van der Waals surface area (Å²) in [6, 6.07) is 10.1. The van der Waals surface area contributed by atoms with Crippen molar-refractivity contribution in [3.05, 3.63) is 30.3 Å². The first-order valence-corrected chi connectivity index (χ1v) is 5.13. The molecule has 0 saturated heterocycles. The second-order valence-corrected chi connectivity index (χ2v) is 3.86. The molecule has 0 spiro atoms. The molecule has 1 aromatic carbocycles. The number of benzene rings is 1. The van der Waals surface area contributed by atoms with Crippen LogP contribution in [-0.2, 0) is 0 Å². The Labute approximate surface area is 86.1 Å². The fourth-order valence-corrected chi connectivity index (χ4v) is 1.16. The highest BCUT2D eigenvalue weighted by Gasteiger charge is 2.06. The lowest BCUT2D eigenvalue weighted by molar-refractivity contribution is 0.282. The van der Waals surface area contributed by atoms with Crippen molar-refractivity contribution >= 4 is 0 Å². The number of nitrogens with two attached hydrogens (primary N) is 1. The molecule has 1 unspecified atom stereocenters. The molecule has 0 aliphatic carbocycles. The molecule has 0 radical (unpaired) electrons. The molecular formula is C12H19NO. The van der Waals surface area contributed by atoms with E-state index in [4.69, 9.17) is 10.5 Å². The minimum absolute atomic E-state index is 0.235. The van der Waals surface area contributed by atoms with Crippen LogP contribution in [0.2, 0.25) is 0 Å². The third-order valence-corrected chi connectivity index (χ3v) is 2.32. The van der Waals surface area contributed by atoms with Crippen LogP contribution < -0.4 is 10.5 Å². The maximum atomic E-state index is 5.90. The van der Waals surface area contributed by atoms with E-state index in [1.54, 1.807) is 0 Å². The lowest BCUT2D eigenvalue weighted by Gasteiger charge is -2.15. The molecule has 0 aliphatic heterocycles. The van der Waals surface area contributed by atoms with E-state index in [9.17, 15) is 0 Å². The van der Waals surface area contributed by atoms with Crippen LogP contribution in [0, 0.1) is 5.92 Å². The van der Waals surface area contributed by atoms with E-state index in [2.05, 4.69) is 13.8 Å². The van der Waals surface area contributed by atoms with Gasteiger partial charge in [0.25, 0.3) is 0 Å². The van der Waals surface area contributed by atoms with Gasteiger partial charge in [0.2, 0.25) is 0 Å². The topological polar surface area (TPSA) is 35.2 Å². The minimum Gasteiger partial charge on any atom is -0.494 e. The molecule has 2 N–H and O–H groups in total. The van der Waals surface area contributed by atoms with Crippen molar-refractivity contribution in [3.63, 3.8) is 0 Å². The molecule has 2 nitrogen and oxygen atoms in total. The maximum Gasteiger partial charge on any atom is 0.119 e. The lowest BCUT2D eigenvalue weighted by atomic mass is 10.0. The van der Waals surface area contributed by atoms with Gasteiger partial charge < -0.3 is 10.5 Å². The normalized spacial score (nSPS) is 12.9. The molecule has 2 heteroatoms. The largest absolute Gasteiger partial charge is 0.494 e. The molecule has 0 fully saturated rings. The Morgan fingerprint density at radius 1 is 1.21 bits per heavy atom. The van der Waals surface area contributed by atoms with E-state index in [1.807, 2.05) is 30.3 Å². The summed E-state index contributed by atoms with van der Waals surface area (Å²) in [5.41, 5.74) is 5.90. The zero-order valence-electron chi connectivity index (χ0n) is 8.94. The summed E-state index contributed by atoms with van der Waals surface area (Å²) in [4.78, 5) is 0. The van der Waals surface area contributed by atoms with Gasteiger partial charge in [-0.3, -0.25) is 0 Å². The molecule has 1 rings (SSSR count). The number of para-hydroxylation sites is 1. The molecule has 0 aliphatic rings. The van der Waals surface area contributed by atoms with Gasteiger partial charge in [0, 0.05) is 6.04 Å². The smallest absolute Gasteiger partial charge is 0.119 e. The summed E-state index contributed by atoms with van der Waals surface area (Å²) in [6.07, 6.45) is 0.909. The van der Waals surface area contributed by atoms with Crippen LogP contribution >= 0.6 is 0 Å². The van der Waals surface area contributed by atoms with E-state index in [1.165, 1.54) is 0 Å². The number of hydrogen-bond donors (Lipinski definition) is 1. The van der Waals surface area contributed by atoms with Gasteiger partial charge in [-0.25, -0.2) is 0 Å². The Morgan fingerprint density at radius 3 is 2.43 bits per heavy atom. The Balaban J connectivity index is 2.22. The fourth-order valence-electron chi connectivity index (χ4n) is 1.16. The standard InChI is InChI=1S/C12H19NO/c1-10(2)12(13)8-9-14-11-6-4-3-5-7-11/h3-7,10,12H,8-9,13H2,1-2H3. The van der Waals surface area contributed by atoms with Crippen LogP contribution in [0.5, 0.6) is 5.75 Å². The Kier molecular flexibility index (Phi) is 4.47. The van der Waals surface area contributed by atoms with Crippen molar-refractivity contribution in [1.82, 2.24) is 0 Å². The first kappa shape index (κ1) is 11.1. The number of hydrogen-bond acceptors (Lipinski definition) is 2. The van der Waals surface area contributed by atoms with Gasteiger partial charge in [0.15, 0.2) is 0 Å². The summed E-state index contributed by atoms with van der Waals surface area (Å²) in [7, 11) is 0. The van der Waals surface area contributed by atoms with Crippen molar-refractivity contribution in [1.29, 1.82) is 0 Å². The average Bonchev–Trinajstić information content (AvgIpc) is 2.19. The number of ether oxygens (including phenoxy) is 1. The van der Waals surface area contributed by atoms with Crippen LogP contribution in [0.4, 0.5) is 0 Å². The van der Waals surface area contributed by atoms with Crippen LogP contribution in [-0.4, -0.2) is 12.6 Å². The summed E-state index contributed by atoms with van der Waals surface area (Å²) in [5.74, 6) is 1.44. The van der Waals surface area contributed by atoms with Crippen LogP contribution in [0.1, 0.15) is 20.3 Å². The summed E-state index contributed by atoms with van der Waals surface area (Å²) in [6.45, 7) is 4.96. The monoisotopic (exact) mass is 193 g/mol. The van der Waals surface area contributed by atoms with Gasteiger partial charge in [-0.2, -0.15) is 0 Å². The van der Waals surface area contributed by atoms with E-state index >= 15 is 0 Å². The second-order valence-electron chi connectivity index (χ2n) is 3.86. The van der Waals surface area contributed by atoms with Crippen molar-refractivity contribution in [3.8, 4) is 5.75 Å². The van der Waals surface area contributed by atoms with E-state index in [0.717, 1.165) is 12.2 Å². The van der Waals surface area contributed by atoms with Gasteiger partial charge >= 0.3 is 0 Å². The van der Waals surface area contributed by atoms with Crippen LogP contribution in [0.15, 0.2) is 30.3 Å². The van der Waals surface area contributed by atoms with Crippen LogP contribution in [0.3, 0.4) is 0 Å². The summed E-state index contributed by atoms with van der Waals surface area (Å²) < 4.78 is 5.55. The highest BCUT2D eigenvalue weighted by Crippen LogP contribution is 2.10. The van der Waals surface area contributed by atoms with Crippen molar-refractivity contribution < 1.29 is 4.74 Å². The fraction of sp³-hybridized carbons (Fsp3) is 0.500. The van der Waals surface area contributed by atoms with Gasteiger partial charge in [-0.1, -0.05) is 32.0 Å². The molecule has 0 heterocycles. The highest BCUT2D eigenvalue weighted by atomic mass is 16.5. The SMILES string of the molecule is CC(C)C(N)CCOc1ccccc1. The Morgan fingerprint density at radius 2 is 1.86 bits per heavy atom. The molecule has 1 aromatic rings. The number of rotatable bonds is 5. The van der Waals surface area contributed by atoms with Crippen LogP contribution in [0.25, 0.3) is 0 Å². The molecule has 0 amide bonds. The first-order chi connectivity index (χ1) is 6.70. The minimum atomic E-state index is 0.235. The molecule has 0 aromatic heterocycles. The second kappa shape index (κ2) is 5.66. The van der Waals surface area contributed by atoms with Crippen molar-refractivity contribution in [2.24, 2.45) is 11.7 Å². The lowest BCUT2D eigenvalue weighted by Crippen LogP contribution is -2.28. The predicted molar refractivity (Wildman–Crippen MR) is 59.4 cm³/mol. The Hall–Kier alpha value is -1.02. The molecule has 0 saturated carbocycles. The average molecular weight is 193 g/mol. The first-order valence-electron chi connectivity index (χ1n) is 5.13. The highest BCUT2D eigenvalue weighted by molar-refractivity contribution is 5.20. The van der Waals surface area contributed by atoms with Crippen molar-refractivity contribution in [2.75, 3.05) is 6.61 Å². The summed E-state index contributed by atoms with van der Waals surface area (Å²) >= 11 is 0. The van der Waals surface area contributed by atoms with Gasteiger partial charge in [-0.15, -0.1) is 0 Å². The van der Waals surface area contributed by atoms with Gasteiger partial charge in [0.1, 0.15) is 5.75 Å². The molecular weight excluding hydrogens is 174 g/mol. The maximum absolute atomic E-state index is 5.90. The van der Waals surface area contributed by atoms with E-state index in [-0.39, 0.29) is 6.04 Å². The molecule has 14 heavy (non-hydrogen) atoms. The zero-order valence-corrected chi connectivity index (χ0v) is 8.94. The third kappa shape index (κ3) is 3.79. The third-order valence-electron chi connectivity index (χ3n) is 2.32. The Bertz CT molecular complexity index is 246. The van der Waals surface area contributed by atoms with E-state index < -0.39 is 0 Å². The van der Waals surface area contributed by atoms with Gasteiger partial charge in [-0.05, 0) is 24.5 Å².